The van der Waals surface area contributed by atoms with Crippen LogP contribution in [0.3, 0.4) is 0 Å². The van der Waals surface area contributed by atoms with Crippen LogP contribution in [-0.2, 0) is 11.3 Å². The summed E-state index contributed by atoms with van der Waals surface area (Å²) < 4.78 is 1.54. The van der Waals surface area contributed by atoms with Gasteiger partial charge in [-0.2, -0.15) is 5.10 Å². The van der Waals surface area contributed by atoms with E-state index in [1.165, 1.54) is 12.1 Å². The first-order chi connectivity index (χ1) is 11.3. The summed E-state index contributed by atoms with van der Waals surface area (Å²) in [4.78, 5) is 25.0. The van der Waals surface area contributed by atoms with E-state index in [4.69, 9.17) is 0 Å². The number of amides is 1. The number of hydrogen-bond donors (Lipinski definition) is 0. The number of fused-ring (bicyclic) bond motifs is 1. The lowest BCUT2D eigenvalue weighted by Crippen LogP contribution is -2.39. The Hall–Kier alpha value is -2.44. The molecule has 2 rings (SSSR count). The van der Waals surface area contributed by atoms with E-state index in [1.54, 1.807) is 16.9 Å². The molecular formula is C17H24N4O3. The SMILES string of the molecule is CC(C)CN(CC(C)C)C(=O)Cn1ncc2ccc([N+](=O)[O-])cc21. The standard InChI is InChI=1S/C17H24N4O3/c1-12(2)9-19(10-13(3)4)17(22)11-20-16-7-15(21(23)24)6-5-14(16)8-18-20/h5-8,12-13H,9-11H2,1-4H3. The zero-order chi connectivity index (χ0) is 17.9. The highest BCUT2D eigenvalue weighted by molar-refractivity contribution is 5.83. The molecule has 1 aromatic heterocycles. The topological polar surface area (TPSA) is 81.3 Å². The molecule has 0 aliphatic carbocycles. The van der Waals surface area contributed by atoms with Crippen molar-refractivity contribution >= 4 is 22.5 Å². The number of nitro groups is 1. The van der Waals surface area contributed by atoms with E-state index in [0.717, 1.165) is 5.39 Å². The summed E-state index contributed by atoms with van der Waals surface area (Å²) >= 11 is 0. The van der Waals surface area contributed by atoms with Crippen LogP contribution in [0.4, 0.5) is 5.69 Å². The minimum atomic E-state index is -0.442. The second-order valence-electron chi connectivity index (χ2n) is 6.89. The van der Waals surface area contributed by atoms with E-state index in [0.29, 0.717) is 30.4 Å². The Morgan fingerprint density at radius 1 is 1.25 bits per heavy atom. The van der Waals surface area contributed by atoms with Crippen LogP contribution >= 0.6 is 0 Å². The van der Waals surface area contributed by atoms with E-state index in [2.05, 4.69) is 32.8 Å². The molecule has 1 heterocycles. The fourth-order valence-corrected chi connectivity index (χ4v) is 2.69. The van der Waals surface area contributed by atoms with Gasteiger partial charge in [0.25, 0.3) is 5.69 Å². The number of nitro benzene ring substituents is 1. The van der Waals surface area contributed by atoms with Crippen LogP contribution in [0.2, 0.25) is 0 Å². The third-order valence-corrected chi connectivity index (χ3v) is 3.65. The Morgan fingerprint density at radius 3 is 2.42 bits per heavy atom. The second kappa shape index (κ2) is 7.42. The summed E-state index contributed by atoms with van der Waals surface area (Å²) in [5.74, 6) is 0.736. The molecule has 0 N–H and O–H groups in total. The molecule has 7 nitrogen and oxygen atoms in total. The summed E-state index contributed by atoms with van der Waals surface area (Å²) in [6.07, 6.45) is 1.63. The van der Waals surface area contributed by atoms with Crippen LogP contribution < -0.4 is 0 Å². The minimum Gasteiger partial charge on any atom is -0.341 e. The molecule has 0 spiro atoms. The highest BCUT2D eigenvalue weighted by Crippen LogP contribution is 2.20. The minimum absolute atomic E-state index is 0.00193. The maximum Gasteiger partial charge on any atom is 0.271 e. The molecule has 0 saturated heterocycles. The Labute approximate surface area is 141 Å². The van der Waals surface area contributed by atoms with Gasteiger partial charge in [0.05, 0.1) is 16.6 Å². The molecule has 2 aromatic rings. The molecule has 0 atom stereocenters. The predicted octanol–water partition coefficient (Wildman–Crippen LogP) is 3.09. The summed E-state index contributed by atoms with van der Waals surface area (Å²) in [5, 5.41) is 16.0. The van der Waals surface area contributed by atoms with Gasteiger partial charge in [-0.1, -0.05) is 27.7 Å². The monoisotopic (exact) mass is 332 g/mol. The molecule has 0 radical (unpaired) electrons. The Bertz CT molecular complexity index is 727. The van der Waals surface area contributed by atoms with Crippen LogP contribution in [0.25, 0.3) is 10.9 Å². The van der Waals surface area contributed by atoms with Crippen LogP contribution in [0.15, 0.2) is 24.4 Å². The molecule has 1 aromatic carbocycles. The lowest BCUT2D eigenvalue weighted by Gasteiger charge is -2.26. The van der Waals surface area contributed by atoms with Gasteiger partial charge >= 0.3 is 0 Å². The van der Waals surface area contributed by atoms with Crippen molar-refractivity contribution in [1.29, 1.82) is 0 Å². The number of nitrogens with zero attached hydrogens (tertiary/aromatic N) is 4. The van der Waals surface area contributed by atoms with Gasteiger partial charge in [0, 0.05) is 30.6 Å². The number of benzene rings is 1. The van der Waals surface area contributed by atoms with Crippen LogP contribution in [0.5, 0.6) is 0 Å². The zero-order valence-electron chi connectivity index (χ0n) is 14.6. The number of aromatic nitrogens is 2. The summed E-state index contributed by atoms with van der Waals surface area (Å²) in [7, 11) is 0. The maximum atomic E-state index is 12.7. The van der Waals surface area contributed by atoms with Crippen molar-refractivity contribution in [2.45, 2.75) is 34.2 Å². The van der Waals surface area contributed by atoms with E-state index in [1.807, 2.05) is 4.90 Å². The third-order valence-electron chi connectivity index (χ3n) is 3.65. The van der Waals surface area contributed by atoms with E-state index < -0.39 is 4.92 Å². The van der Waals surface area contributed by atoms with Gasteiger partial charge in [-0.3, -0.25) is 19.6 Å². The zero-order valence-corrected chi connectivity index (χ0v) is 14.6. The second-order valence-corrected chi connectivity index (χ2v) is 6.89. The van der Waals surface area contributed by atoms with Crippen molar-refractivity contribution in [2.75, 3.05) is 13.1 Å². The number of rotatable bonds is 7. The number of hydrogen-bond acceptors (Lipinski definition) is 4. The molecule has 0 unspecified atom stereocenters. The predicted molar refractivity (Wildman–Crippen MR) is 92.6 cm³/mol. The highest BCUT2D eigenvalue weighted by atomic mass is 16.6. The fraction of sp³-hybridized carbons (Fsp3) is 0.529. The fourth-order valence-electron chi connectivity index (χ4n) is 2.69. The quantitative estimate of drug-likeness (QED) is 0.576. The first-order valence-electron chi connectivity index (χ1n) is 8.15. The van der Waals surface area contributed by atoms with Crippen molar-refractivity contribution in [3.8, 4) is 0 Å². The van der Waals surface area contributed by atoms with Crippen molar-refractivity contribution in [3.63, 3.8) is 0 Å². The molecule has 0 bridgehead atoms. The first-order valence-corrected chi connectivity index (χ1v) is 8.15. The third kappa shape index (κ3) is 4.31. The van der Waals surface area contributed by atoms with Gasteiger partial charge in [0.1, 0.15) is 6.54 Å². The Morgan fingerprint density at radius 2 is 1.88 bits per heavy atom. The molecular weight excluding hydrogens is 308 g/mol. The van der Waals surface area contributed by atoms with Crippen molar-refractivity contribution in [2.24, 2.45) is 11.8 Å². The van der Waals surface area contributed by atoms with Crippen molar-refractivity contribution in [1.82, 2.24) is 14.7 Å². The summed E-state index contributed by atoms with van der Waals surface area (Å²) in [6, 6.07) is 4.56. The average Bonchev–Trinajstić information content (AvgIpc) is 2.87. The number of carbonyl (C=O) groups excluding carboxylic acids is 1. The van der Waals surface area contributed by atoms with Gasteiger partial charge in [0.2, 0.25) is 5.91 Å². The van der Waals surface area contributed by atoms with E-state index >= 15 is 0 Å². The molecule has 130 valence electrons. The molecule has 0 aliphatic rings. The van der Waals surface area contributed by atoms with Gasteiger partial charge in [-0.25, -0.2) is 0 Å². The molecule has 0 saturated carbocycles. The lowest BCUT2D eigenvalue weighted by atomic mass is 10.1. The van der Waals surface area contributed by atoms with Gasteiger partial charge in [0.15, 0.2) is 0 Å². The first kappa shape index (κ1) is 17.9. The average molecular weight is 332 g/mol. The highest BCUT2D eigenvalue weighted by Gasteiger charge is 2.18. The Kier molecular flexibility index (Phi) is 5.54. The molecule has 24 heavy (non-hydrogen) atoms. The molecule has 1 amide bonds. The smallest absolute Gasteiger partial charge is 0.271 e. The normalized spacial score (nSPS) is 11.4. The summed E-state index contributed by atoms with van der Waals surface area (Å²) in [5.41, 5.74) is 0.601. The van der Waals surface area contributed by atoms with Gasteiger partial charge in [-0.15, -0.1) is 0 Å². The van der Waals surface area contributed by atoms with Crippen molar-refractivity contribution in [3.05, 3.63) is 34.5 Å². The lowest BCUT2D eigenvalue weighted by molar-refractivity contribution is -0.384. The molecule has 0 fully saturated rings. The van der Waals surface area contributed by atoms with Crippen LogP contribution in [0.1, 0.15) is 27.7 Å². The maximum absolute atomic E-state index is 12.7. The molecule has 7 heteroatoms. The van der Waals surface area contributed by atoms with E-state index in [-0.39, 0.29) is 18.1 Å². The molecule has 0 aliphatic heterocycles. The van der Waals surface area contributed by atoms with Crippen LogP contribution in [0, 0.1) is 22.0 Å². The van der Waals surface area contributed by atoms with E-state index in [9.17, 15) is 14.9 Å². The van der Waals surface area contributed by atoms with Gasteiger partial charge < -0.3 is 4.90 Å². The number of non-ortho nitro benzene ring substituents is 1. The van der Waals surface area contributed by atoms with Gasteiger partial charge in [-0.05, 0) is 17.9 Å². The Balaban J connectivity index is 2.24. The van der Waals surface area contributed by atoms with Crippen molar-refractivity contribution < 1.29 is 9.72 Å². The van der Waals surface area contributed by atoms with Crippen LogP contribution in [-0.4, -0.2) is 38.6 Å². The largest absolute Gasteiger partial charge is 0.341 e. The summed E-state index contributed by atoms with van der Waals surface area (Å²) in [6.45, 7) is 9.78. The number of carbonyl (C=O) groups is 1.